The number of hydrogen-bond acceptors (Lipinski definition) is 4. The van der Waals surface area contributed by atoms with Gasteiger partial charge in [0.1, 0.15) is 5.60 Å². The number of ether oxygens (including phenoxy) is 1. The van der Waals surface area contributed by atoms with Crippen LogP contribution in [-0.4, -0.2) is 11.7 Å². The number of thiophene rings is 1. The van der Waals surface area contributed by atoms with Gasteiger partial charge in [-0.05, 0) is 61.0 Å². The summed E-state index contributed by atoms with van der Waals surface area (Å²) in [4.78, 5) is 13.0. The van der Waals surface area contributed by atoms with Crippen molar-refractivity contribution in [2.75, 3.05) is 10.6 Å². The molecule has 2 N–H and O–H groups in total. The Morgan fingerprint density at radius 1 is 1.27 bits per heavy atom. The van der Waals surface area contributed by atoms with Crippen LogP contribution in [0.25, 0.3) is 0 Å². The van der Waals surface area contributed by atoms with Crippen LogP contribution in [0.3, 0.4) is 0 Å². The number of carbonyl (C=O) groups excluding carboxylic acids is 1. The summed E-state index contributed by atoms with van der Waals surface area (Å²) >= 11 is 5.13. The molecule has 0 saturated carbocycles. The second-order valence-corrected chi connectivity index (χ2v) is 7.70. The molecular formula is C16H19BrN2O2S. The summed E-state index contributed by atoms with van der Waals surface area (Å²) in [5, 5.41) is 8.12. The van der Waals surface area contributed by atoms with Gasteiger partial charge < -0.3 is 10.1 Å². The highest BCUT2D eigenvalue weighted by Crippen LogP contribution is 2.22. The topological polar surface area (TPSA) is 50.4 Å². The van der Waals surface area contributed by atoms with Crippen molar-refractivity contribution in [2.45, 2.75) is 32.9 Å². The first-order valence-electron chi connectivity index (χ1n) is 6.89. The van der Waals surface area contributed by atoms with E-state index in [9.17, 15) is 4.79 Å². The van der Waals surface area contributed by atoms with Gasteiger partial charge in [-0.15, -0.1) is 11.3 Å². The summed E-state index contributed by atoms with van der Waals surface area (Å²) in [5.74, 6) is 0. The zero-order chi connectivity index (χ0) is 16.2. The first-order chi connectivity index (χ1) is 10.3. The van der Waals surface area contributed by atoms with Crippen molar-refractivity contribution in [1.82, 2.24) is 0 Å². The quantitative estimate of drug-likeness (QED) is 0.736. The molecule has 4 nitrogen and oxygen atoms in total. The first kappa shape index (κ1) is 16.8. The van der Waals surface area contributed by atoms with E-state index in [1.165, 1.54) is 4.88 Å². The zero-order valence-electron chi connectivity index (χ0n) is 12.8. The Morgan fingerprint density at radius 2 is 2.00 bits per heavy atom. The van der Waals surface area contributed by atoms with Gasteiger partial charge in [0.2, 0.25) is 0 Å². The third-order valence-corrected chi connectivity index (χ3v) is 4.29. The molecule has 2 aromatic rings. The van der Waals surface area contributed by atoms with E-state index >= 15 is 0 Å². The number of benzene rings is 1. The first-order valence-corrected chi connectivity index (χ1v) is 8.56. The van der Waals surface area contributed by atoms with E-state index in [2.05, 4.69) is 38.0 Å². The van der Waals surface area contributed by atoms with Gasteiger partial charge >= 0.3 is 6.09 Å². The van der Waals surface area contributed by atoms with Crippen molar-refractivity contribution in [1.29, 1.82) is 0 Å². The molecule has 0 saturated heterocycles. The van der Waals surface area contributed by atoms with E-state index in [4.69, 9.17) is 4.74 Å². The van der Waals surface area contributed by atoms with Crippen molar-refractivity contribution in [3.05, 3.63) is 45.1 Å². The average Bonchev–Trinajstić information content (AvgIpc) is 2.80. The standard InChI is InChI=1S/C16H19BrN2O2S/c1-16(2,3)21-15(20)19-13-6-4-5-12(8-13)18-9-14-7-11(17)10-22-14/h4-8,10,18H,9H2,1-3H3,(H,19,20). The SMILES string of the molecule is CC(C)(C)OC(=O)Nc1cccc(NCc2cc(Br)cs2)c1. The number of halogens is 1. The van der Waals surface area contributed by atoms with Crippen LogP contribution in [0.2, 0.25) is 0 Å². The van der Waals surface area contributed by atoms with Gasteiger partial charge in [0.15, 0.2) is 0 Å². The third-order valence-electron chi connectivity index (χ3n) is 2.60. The molecule has 118 valence electrons. The van der Waals surface area contributed by atoms with Crippen LogP contribution < -0.4 is 10.6 Å². The average molecular weight is 383 g/mol. The predicted molar refractivity (Wildman–Crippen MR) is 95.6 cm³/mol. The normalized spacial score (nSPS) is 11.1. The van der Waals surface area contributed by atoms with E-state index in [0.29, 0.717) is 5.69 Å². The van der Waals surface area contributed by atoms with Crippen molar-refractivity contribution >= 4 is 44.7 Å². The van der Waals surface area contributed by atoms with Gasteiger partial charge in [0.25, 0.3) is 0 Å². The molecular weight excluding hydrogens is 364 g/mol. The van der Waals surface area contributed by atoms with Gasteiger partial charge in [0.05, 0.1) is 0 Å². The van der Waals surface area contributed by atoms with E-state index < -0.39 is 11.7 Å². The molecule has 1 amide bonds. The minimum absolute atomic E-state index is 0.452. The molecule has 0 radical (unpaired) electrons. The summed E-state index contributed by atoms with van der Waals surface area (Å²) in [5.41, 5.74) is 1.14. The molecule has 2 rings (SSSR count). The molecule has 0 bridgehead atoms. The molecule has 0 fully saturated rings. The van der Waals surface area contributed by atoms with Gasteiger partial charge in [-0.1, -0.05) is 6.07 Å². The highest BCUT2D eigenvalue weighted by Gasteiger charge is 2.16. The third kappa shape index (κ3) is 5.69. The largest absolute Gasteiger partial charge is 0.444 e. The molecule has 0 aliphatic rings. The number of hydrogen-bond donors (Lipinski definition) is 2. The molecule has 0 spiro atoms. The maximum atomic E-state index is 11.8. The fraction of sp³-hybridized carbons (Fsp3) is 0.312. The highest BCUT2D eigenvalue weighted by atomic mass is 79.9. The number of carbonyl (C=O) groups is 1. The van der Waals surface area contributed by atoms with E-state index in [-0.39, 0.29) is 0 Å². The molecule has 0 aliphatic heterocycles. The van der Waals surface area contributed by atoms with Crippen molar-refractivity contribution in [3.63, 3.8) is 0 Å². The van der Waals surface area contributed by atoms with Crippen LogP contribution in [0.4, 0.5) is 16.2 Å². The smallest absolute Gasteiger partial charge is 0.412 e. The van der Waals surface area contributed by atoms with Crippen LogP contribution in [0.1, 0.15) is 25.6 Å². The Hall–Kier alpha value is -1.53. The Kier molecular flexibility index (Phi) is 5.47. The second-order valence-electron chi connectivity index (χ2n) is 5.79. The lowest BCUT2D eigenvalue weighted by atomic mass is 10.2. The molecule has 0 aliphatic carbocycles. The Balaban J connectivity index is 1.93. The molecule has 1 heterocycles. The van der Waals surface area contributed by atoms with Crippen molar-refractivity contribution in [2.24, 2.45) is 0 Å². The zero-order valence-corrected chi connectivity index (χ0v) is 15.2. The highest BCUT2D eigenvalue weighted by molar-refractivity contribution is 9.10. The maximum Gasteiger partial charge on any atom is 0.412 e. The lowest BCUT2D eigenvalue weighted by Gasteiger charge is -2.19. The van der Waals surface area contributed by atoms with E-state index in [1.54, 1.807) is 11.3 Å². The minimum atomic E-state index is -0.507. The predicted octanol–water partition coefficient (Wildman–Crippen LogP) is 5.47. The van der Waals surface area contributed by atoms with Crippen molar-refractivity contribution < 1.29 is 9.53 Å². The van der Waals surface area contributed by atoms with Crippen LogP contribution >= 0.6 is 27.3 Å². The Labute approximate surface area is 143 Å². The fourth-order valence-electron chi connectivity index (χ4n) is 1.76. The second kappa shape index (κ2) is 7.15. The van der Waals surface area contributed by atoms with E-state index in [1.807, 2.05) is 45.0 Å². The number of rotatable bonds is 4. The van der Waals surface area contributed by atoms with Crippen molar-refractivity contribution in [3.8, 4) is 0 Å². The van der Waals surface area contributed by atoms with Gasteiger partial charge in [-0.25, -0.2) is 4.79 Å². The van der Waals surface area contributed by atoms with Crippen LogP contribution in [0, 0.1) is 0 Å². The Morgan fingerprint density at radius 3 is 2.64 bits per heavy atom. The summed E-state index contributed by atoms with van der Waals surface area (Å²) in [6.07, 6.45) is -0.452. The monoisotopic (exact) mass is 382 g/mol. The molecule has 0 unspecified atom stereocenters. The summed E-state index contributed by atoms with van der Waals surface area (Å²) in [6.45, 7) is 6.25. The number of nitrogens with one attached hydrogen (secondary N) is 2. The van der Waals surface area contributed by atoms with Crippen LogP contribution in [0.5, 0.6) is 0 Å². The van der Waals surface area contributed by atoms with E-state index in [0.717, 1.165) is 16.7 Å². The molecule has 6 heteroatoms. The van der Waals surface area contributed by atoms with Gasteiger partial charge in [0, 0.05) is 32.6 Å². The molecule has 1 aromatic carbocycles. The lowest BCUT2D eigenvalue weighted by Crippen LogP contribution is -2.27. The number of amides is 1. The van der Waals surface area contributed by atoms with Gasteiger partial charge in [-0.2, -0.15) is 0 Å². The fourth-order valence-corrected chi connectivity index (χ4v) is 3.15. The maximum absolute atomic E-state index is 11.8. The number of anilines is 2. The summed E-state index contributed by atoms with van der Waals surface area (Å²) in [6, 6.07) is 9.65. The van der Waals surface area contributed by atoms with Crippen LogP contribution in [0.15, 0.2) is 40.2 Å². The summed E-state index contributed by atoms with van der Waals surface area (Å²) in [7, 11) is 0. The minimum Gasteiger partial charge on any atom is -0.444 e. The Bertz CT molecular complexity index is 650. The van der Waals surface area contributed by atoms with Gasteiger partial charge in [-0.3, -0.25) is 5.32 Å². The lowest BCUT2D eigenvalue weighted by molar-refractivity contribution is 0.0636. The van der Waals surface area contributed by atoms with Crippen LogP contribution in [-0.2, 0) is 11.3 Å². The summed E-state index contributed by atoms with van der Waals surface area (Å²) < 4.78 is 6.33. The molecule has 22 heavy (non-hydrogen) atoms. The molecule has 0 atom stereocenters. The molecule has 1 aromatic heterocycles.